The van der Waals surface area contributed by atoms with E-state index in [1.165, 1.54) is 0 Å². The largest absolute Gasteiger partial charge is 0.489 e. The number of carbonyl (C=O) groups is 3. The van der Waals surface area contributed by atoms with E-state index in [4.69, 9.17) is 4.74 Å². The molecule has 0 bridgehead atoms. The van der Waals surface area contributed by atoms with E-state index < -0.39 is 17.8 Å². The van der Waals surface area contributed by atoms with Gasteiger partial charge in [-0.3, -0.25) is 14.9 Å². The number of ether oxygens (including phenoxy) is 1. The van der Waals surface area contributed by atoms with Gasteiger partial charge in [0.1, 0.15) is 17.9 Å². The molecular weight excluding hydrogens is 488 g/mol. The van der Waals surface area contributed by atoms with Crippen molar-refractivity contribution in [2.45, 2.75) is 39.7 Å². The molecule has 196 valence electrons. The molecule has 6 nitrogen and oxygen atoms in total. The fraction of sp³-hybridized carbons (Fsp3) is 0.182. The summed E-state index contributed by atoms with van der Waals surface area (Å²) < 4.78 is 5.93. The maximum absolute atomic E-state index is 13.3. The maximum Gasteiger partial charge on any atom is 0.335 e. The lowest BCUT2D eigenvalue weighted by atomic mass is 9.89. The van der Waals surface area contributed by atoms with Crippen molar-refractivity contribution in [1.82, 2.24) is 5.32 Å². The Hall–Kier alpha value is -4.71. The highest BCUT2D eigenvalue weighted by molar-refractivity contribution is 6.37. The molecule has 0 spiro atoms. The minimum Gasteiger partial charge on any atom is -0.489 e. The van der Waals surface area contributed by atoms with Crippen molar-refractivity contribution >= 4 is 23.5 Å². The summed E-state index contributed by atoms with van der Waals surface area (Å²) in [5, 5.41) is 2.31. The Morgan fingerprint density at radius 1 is 0.872 bits per heavy atom. The first-order chi connectivity index (χ1) is 18.9. The maximum atomic E-state index is 13.3. The third-order valence-corrected chi connectivity index (χ3v) is 7.19. The van der Waals surface area contributed by atoms with Crippen LogP contribution in [0.2, 0.25) is 0 Å². The van der Waals surface area contributed by atoms with Crippen LogP contribution < -0.4 is 15.0 Å². The molecule has 3 aromatic rings. The number of urea groups is 1. The van der Waals surface area contributed by atoms with E-state index >= 15 is 0 Å². The number of hydrogen-bond acceptors (Lipinski definition) is 4. The van der Waals surface area contributed by atoms with Gasteiger partial charge in [0.25, 0.3) is 11.8 Å². The van der Waals surface area contributed by atoms with Crippen LogP contribution in [-0.2, 0) is 22.6 Å². The zero-order valence-electron chi connectivity index (χ0n) is 22.2. The average molecular weight is 519 g/mol. The van der Waals surface area contributed by atoms with Gasteiger partial charge >= 0.3 is 6.03 Å². The van der Waals surface area contributed by atoms with Crippen LogP contribution in [0.3, 0.4) is 0 Å². The minimum absolute atomic E-state index is 0.0149. The third kappa shape index (κ3) is 5.32. The summed E-state index contributed by atoms with van der Waals surface area (Å²) in [6.45, 7) is 6.56. The van der Waals surface area contributed by atoms with Gasteiger partial charge in [-0.25, -0.2) is 9.69 Å². The van der Waals surface area contributed by atoms with Gasteiger partial charge in [0.05, 0.1) is 5.69 Å². The third-order valence-electron chi connectivity index (χ3n) is 7.19. The highest BCUT2D eigenvalue weighted by atomic mass is 16.5. The Balaban J connectivity index is 1.37. The number of aryl methyl sites for hydroxylation is 1. The molecular formula is C33H30N2O4. The van der Waals surface area contributed by atoms with Crippen LogP contribution in [-0.4, -0.2) is 17.8 Å². The van der Waals surface area contributed by atoms with E-state index in [9.17, 15) is 14.4 Å². The van der Waals surface area contributed by atoms with Gasteiger partial charge in [0.2, 0.25) is 0 Å². The number of nitrogens with zero attached hydrogens (tertiary/aromatic N) is 1. The molecule has 1 N–H and O–H groups in total. The van der Waals surface area contributed by atoms with Gasteiger partial charge in [0.15, 0.2) is 0 Å². The van der Waals surface area contributed by atoms with Crippen molar-refractivity contribution < 1.29 is 19.1 Å². The number of imide groups is 2. The van der Waals surface area contributed by atoms with Crippen LogP contribution in [0.15, 0.2) is 113 Å². The lowest BCUT2D eigenvalue weighted by Crippen LogP contribution is -2.54. The fourth-order valence-electron chi connectivity index (χ4n) is 5.04. The van der Waals surface area contributed by atoms with Crippen LogP contribution in [0.1, 0.15) is 43.4 Å². The molecule has 2 aliphatic rings. The zero-order valence-corrected chi connectivity index (χ0v) is 22.2. The number of barbiturate groups is 1. The quantitative estimate of drug-likeness (QED) is 0.290. The second-order valence-corrected chi connectivity index (χ2v) is 9.78. The first-order valence-electron chi connectivity index (χ1n) is 13.0. The molecule has 3 aromatic carbocycles. The molecule has 1 heterocycles. The molecule has 0 radical (unpaired) electrons. The second kappa shape index (κ2) is 11.0. The van der Waals surface area contributed by atoms with Crippen molar-refractivity contribution in [2.24, 2.45) is 0 Å². The summed E-state index contributed by atoms with van der Waals surface area (Å²) >= 11 is 0. The Kier molecular flexibility index (Phi) is 7.28. The van der Waals surface area contributed by atoms with E-state index in [1.807, 2.05) is 93.6 Å². The number of amides is 4. The van der Waals surface area contributed by atoms with Crippen LogP contribution in [0, 0.1) is 0 Å². The minimum atomic E-state index is -0.748. The molecule has 0 unspecified atom stereocenters. The summed E-state index contributed by atoms with van der Waals surface area (Å²) in [5.74, 6) is -0.530. The van der Waals surface area contributed by atoms with Crippen molar-refractivity contribution in [1.29, 1.82) is 0 Å². The number of anilines is 1. The lowest BCUT2D eigenvalue weighted by molar-refractivity contribution is -0.122. The predicted molar refractivity (Wildman–Crippen MR) is 151 cm³/mol. The average Bonchev–Trinajstić information content (AvgIpc) is 3.23. The van der Waals surface area contributed by atoms with E-state index in [0.29, 0.717) is 12.3 Å². The Morgan fingerprint density at radius 2 is 1.56 bits per heavy atom. The monoisotopic (exact) mass is 518 g/mol. The Labute approximate surface area is 228 Å². The van der Waals surface area contributed by atoms with Crippen molar-refractivity contribution in [2.75, 3.05) is 4.90 Å². The molecule has 1 aliphatic heterocycles. The molecule has 1 aliphatic carbocycles. The lowest BCUT2D eigenvalue weighted by Gasteiger charge is -2.26. The Morgan fingerprint density at radius 3 is 2.23 bits per heavy atom. The van der Waals surface area contributed by atoms with Gasteiger partial charge in [-0.2, -0.15) is 0 Å². The predicted octanol–water partition coefficient (Wildman–Crippen LogP) is 6.40. The molecule has 6 heteroatoms. The number of rotatable bonds is 7. The first-order valence-corrected chi connectivity index (χ1v) is 13.0. The molecule has 1 atom stereocenters. The SMILES string of the molecule is CCc1ccc(N2C(=O)NC(=O)/C(=C/C3=C(C)[C@@H](c4ccc(OCc5ccccc5)cc4)C(C)=C3)C2=O)cc1. The summed E-state index contributed by atoms with van der Waals surface area (Å²) in [6, 6.07) is 24.4. The summed E-state index contributed by atoms with van der Waals surface area (Å²) in [7, 11) is 0. The van der Waals surface area contributed by atoms with Crippen LogP contribution >= 0.6 is 0 Å². The van der Waals surface area contributed by atoms with Crippen LogP contribution in [0.5, 0.6) is 5.75 Å². The first kappa shape index (κ1) is 25.9. The number of carbonyl (C=O) groups excluding carboxylic acids is 3. The van der Waals surface area contributed by atoms with Crippen LogP contribution in [0.25, 0.3) is 0 Å². The number of hydrogen-bond donors (Lipinski definition) is 1. The van der Waals surface area contributed by atoms with Gasteiger partial charge in [0, 0.05) is 5.92 Å². The normalized spacial score (nSPS) is 18.5. The summed E-state index contributed by atoms with van der Waals surface area (Å²) in [5.41, 5.74) is 6.54. The van der Waals surface area contributed by atoms with Gasteiger partial charge in [-0.05, 0) is 72.9 Å². The topological polar surface area (TPSA) is 75.7 Å². The molecule has 1 fully saturated rings. The second-order valence-electron chi connectivity index (χ2n) is 9.78. The number of nitrogens with one attached hydrogen (secondary N) is 1. The zero-order chi connectivity index (χ0) is 27.5. The number of allylic oxidation sites excluding steroid dienone is 5. The van der Waals surface area contributed by atoms with E-state index in [0.717, 1.165) is 50.5 Å². The molecule has 5 rings (SSSR count). The standard InChI is InChI=1S/C33H30N2O4/c1-4-23-10-14-27(15-11-23)35-32(37)29(31(36)34-33(35)38)19-26-18-21(2)30(22(26)3)25-12-16-28(17-13-25)39-20-24-8-6-5-7-9-24/h5-19,30H,4,20H2,1-3H3,(H,34,36,38)/b29-19-/t30-/m0/s1. The van der Waals surface area contributed by atoms with E-state index in [1.54, 1.807) is 18.2 Å². The van der Waals surface area contributed by atoms with Crippen LogP contribution in [0.4, 0.5) is 10.5 Å². The van der Waals surface area contributed by atoms with Gasteiger partial charge in [-0.1, -0.05) is 78.7 Å². The highest BCUT2D eigenvalue weighted by Crippen LogP contribution is 2.40. The number of benzene rings is 3. The van der Waals surface area contributed by atoms with Crippen molar-refractivity contribution in [3.8, 4) is 5.75 Å². The summed E-state index contributed by atoms with van der Waals surface area (Å²) in [4.78, 5) is 39.7. The molecule has 0 aromatic heterocycles. The van der Waals surface area contributed by atoms with Crippen molar-refractivity contribution in [3.63, 3.8) is 0 Å². The summed E-state index contributed by atoms with van der Waals surface area (Å²) in [6.07, 6.45) is 4.42. The molecule has 4 amide bonds. The molecule has 39 heavy (non-hydrogen) atoms. The Bertz CT molecular complexity index is 1510. The fourth-order valence-corrected chi connectivity index (χ4v) is 5.04. The van der Waals surface area contributed by atoms with Gasteiger partial charge in [-0.15, -0.1) is 0 Å². The van der Waals surface area contributed by atoms with Gasteiger partial charge < -0.3 is 4.74 Å². The molecule has 1 saturated heterocycles. The van der Waals surface area contributed by atoms with E-state index in [-0.39, 0.29) is 11.5 Å². The highest BCUT2D eigenvalue weighted by Gasteiger charge is 2.37. The smallest absolute Gasteiger partial charge is 0.335 e. The van der Waals surface area contributed by atoms with Crippen molar-refractivity contribution in [3.05, 3.63) is 130 Å². The van der Waals surface area contributed by atoms with E-state index in [2.05, 4.69) is 5.32 Å². The molecule has 0 saturated carbocycles.